The Bertz CT molecular complexity index is 628. The summed E-state index contributed by atoms with van der Waals surface area (Å²) in [7, 11) is 0. The van der Waals surface area contributed by atoms with E-state index >= 15 is 0 Å². The molecule has 0 aliphatic carbocycles. The molecule has 0 amide bonds. The number of hydrogen-bond donors (Lipinski definition) is 1. The molecule has 1 N–H and O–H groups in total. The van der Waals surface area contributed by atoms with Crippen molar-refractivity contribution in [3.63, 3.8) is 0 Å². The Balaban J connectivity index is 1.95. The third-order valence-corrected chi connectivity index (χ3v) is 2.50. The molecule has 6 nitrogen and oxygen atoms in total. The number of carboxylic acids is 1. The highest BCUT2D eigenvalue weighted by Crippen LogP contribution is 2.13. The number of nitrogens with zero attached hydrogens (tertiary/aromatic N) is 3. The van der Waals surface area contributed by atoms with Crippen molar-refractivity contribution in [2.24, 2.45) is 0 Å². The number of rotatable bonds is 5. The highest BCUT2D eigenvalue weighted by molar-refractivity contribution is 5.87. The van der Waals surface area contributed by atoms with Crippen molar-refractivity contribution in [2.75, 3.05) is 6.61 Å². The lowest BCUT2D eigenvalue weighted by Gasteiger charge is -2.07. The minimum atomic E-state index is -0.994. The zero-order valence-corrected chi connectivity index (χ0v) is 9.98. The van der Waals surface area contributed by atoms with Gasteiger partial charge in [0.15, 0.2) is 0 Å². The standard InChI is InChI=1S/C13H11N3O3/c14-9-12-15-4-5-16(12)6-7-19-11-3-1-2-10(8-11)13(17)18/h1-5,8H,6-7H2,(H,17,18). The molecule has 1 aromatic carbocycles. The van der Waals surface area contributed by atoms with Crippen molar-refractivity contribution >= 4 is 5.97 Å². The number of carbonyl (C=O) groups is 1. The Morgan fingerprint density at radius 1 is 1.53 bits per heavy atom. The Morgan fingerprint density at radius 3 is 3.11 bits per heavy atom. The molecule has 0 spiro atoms. The second-order valence-electron chi connectivity index (χ2n) is 3.74. The van der Waals surface area contributed by atoms with E-state index in [2.05, 4.69) is 4.98 Å². The number of imidazole rings is 1. The largest absolute Gasteiger partial charge is 0.492 e. The average Bonchev–Trinajstić information content (AvgIpc) is 2.86. The number of hydrogen-bond acceptors (Lipinski definition) is 4. The molecule has 6 heteroatoms. The summed E-state index contributed by atoms with van der Waals surface area (Å²) >= 11 is 0. The maximum atomic E-state index is 10.8. The molecular formula is C13H11N3O3. The van der Waals surface area contributed by atoms with E-state index in [-0.39, 0.29) is 5.56 Å². The Hall–Kier alpha value is -2.81. The van der Waals surface area contributed by atoms with Gasteiger partial charge in [-0.2, -0.15) is 5.26 Å². The lowest BCUT2D eigenvalue weighted by Crippen LogP contribution is -2.09. The van der Waals surface area contributed by atoms with E-state index in [4.69, 9.17) is 15.1 Å². The molecule has 2 rings (SSSR count). The summed E-state index contributed by atoms with van der Waals surface area (Å²) in [5.41, 5.74) is 0.179. The molecule has 0 fully saturated rings. The monoisotopic (exact) mass is 257 g/mol. The van der Waals surface area contributed by atoms with Crippen LogP contribution in [0.2, 0.25) is 0 Å². The van der Waals surface area contributed by atoms with E-state index in [0.29, 0.717) is 24.7 Å². The van der Waals surface area contributed by atoms with Crippen LogP contribution in [0.5, 0.6) is 5.75 Å². The van der Waals surface area contributed by atoms with Crippen LogP contribution in [-0.2, 0) is 6.54 Å². The van der Waals surface area contributed by atoms with Gasteiger partial charge in [-0.1, -0.05) is 6.07 Å². The predicted molar refractivity (Wildman–Crippen MR) is 65.8 cm³/mol. The van der Waals surface area contributed by atoms with E-state index in [1.54, 1.807) is 29.1 Å². The topological polar surface area (TPSA) is 88.1 Å². The first kappa shape index (κ1) is 12.6. The lowest BCUT2D eigenvalue weighted by molar-refractivity contribution is 0.0696. The highest BCUT2D eigenvalue weighted by atomic mass is 16.5. The molecule has 19 heavy (non-hydrogen) atoms. The summed E-state index contributed by atoms with van der Waals surface area (Å²) in [5.74, 6) is -0.187. The summed E-state index contributed by atoms with van der Waals surface area (Å²) in [6.45, 7) is 0.800. The minimum Gasteiger partial charge on any atom is -0.492 e. The Morgan fingerprint density at radius 2 is 2.37 bits per heavy atom. The van der Waals surface area contributed by atoms with Crippen molar-refractivity contribution in [3.05, 3.63) is 48.0 Å². The van der Waals surface area contributed by atoms with Crippen molar-refractivity contribution in [1.82, 2.24) is 9.55 Å². The predicted octanol–water partition coefficient (Wildman–Crippen LogP) is 1.53. The molecule has 1 aromatic heterocycles. The van der Waals surface area contributed by atoms with Crippen LogP contribution in [0.4, 0.5) is 0 Å². The van der Waals surface area contributed by atoms with Crippen molar-refractivity contribution in [1.29, 1.82) is 5.26 Å². The van der Waals surface area contributed by atoms with Crippen molar-refractivity contribution in [3.8, 4) is 11.8 Å². The Labute approximate surface area is 109 Å². The fraction of sp³-hybridized carbons (Fsp3) is 0.154. The fourth-order valence-corrected chi connectivity index (χ4v) is 1.58. The first-order valence-electron chi connectivity index (χ1n) is 5.58. The number of ether oxygens (including phenoxy) is 1. The van der Waals surface area contributed by atoms with Crippen molar-refractivity contribution < 1.29 is 14.6 Å². The molecule has 0 aliphatic rings. The fourth-order valence-electron chi connectivity index (χ4n) is 1.58. The van der Waals surface area contributed by atoms with E-state index in [9.17, 15) is 4.79 Å². The number of aromatic nitrogens is 2. The molecule has 0 unspecified atom stereocenters. The SMILES string of the molecule is N#Cc1nccn1CCOc1cccc(C(=O)O)c1. The van der Waals surface area contributed by atoms with E-state index < -0.39 is 5.97 Å². The van der Waals surface area contributed by atoms with Gasteiger partial charge >= 0.3 is 5.97 Å². The first-order valence-corrected chi connectivity index (χ1v) is 5.58. The van der Waals surface area contributed by atoms with E-state index in [0.717, 1.165) is 0 Å². The van der Waals surface area contributed by atoms with Crippen LogP contribution < -0.4 is 4.74 Å². The zero-order valence-electron chi connectivity index (χ0n) is 9.98. The Kier molecular flexibility index (Phi) is 3.78. The van der Waals surface area contributed by atoms with Gasteiger partial charge in [0.25, 0.3) is 0 Å². The molecule has 0 saturated heterocycles. The van der Waals surface area contributed by atoms with Crippen LogP contribution in [0.1, 0.15) is 16.2 Å². The molecule has 2 aromatic rings. The van der Waals surface area contributed by atoms with Gasteiger partial charge in [-0.3, -0.25) is 0 Å². The molecule has 0 saturated carbocycles. The quantitative estimate of drug-likeness (QED) is 0.877. The molecule has 0 atom stereocenters. The van der Waals surface area contributed by atoms with Crippen LogP contribution >= 0.6 is 0 Å². The average molecular weight is 257 g/mol. The molecule has 1 heterocycles. The second kappa shape index (κ2) is 5.69. The third kappa shape index (κ3) is 3.10. The maximum Gasteiger partial charge on any atom is 0.335 e. The minimum absolute atomic E-state index is 0.179. The molecule has 0 bridgehead atoms. The maximum absolute atomic E-state index is 10.8. The van der Waals surface area contributed by atoms with Gasteiger partial charge in [-0.25, -0.2) is 9.78 Å². The smallest absolute Gasteiger partial charge is 0.335 e. The molecule has 96 valence electrons. The summed E-state index contributed by atoms with van der Waals surface area (Å²) in [4.78, 5) is 14.7. The van der Waals surface area contributed by atoms with Crippen LogP contribution in [0, 0.1) is 11.3 Å². The van der Waals surface area contributed by atoms with Gasteiger partial charge in [0.05, 0.1) is 12.1 Å². The first-order chi connectivity index (χ1) is 9.20. The normalized spacial score (nSPS) is 9.84. The van der Waals surface area contributed by atoms with Crippen LogP contribution in [0.15, 0.2) is 36.7 Å². The van der Waals surface area contributed by atoms with Gasteiger partial charge in [0.2, 0.25) is 5.82 Å². The number of nitriles is 1. The van der Waals surface area contributed by atoms with Crippen molar-refractivity contribution in [2.45, 2.75) is 6.54 Å². The lowest BCUT2D eigenvalue weighted by atomic mass is 10.2. The molecule has 0 radical (unpaired) electrons. The van der Waals surface area contributed by atoms with Crippen LogP contribution in [0.3, 0.4) is 0 Å². The summed E-state index contributed by atoms with van der Waals surface area (Å²) in [6, 6.07) is 8.23. The van der Waals surface area contributed by atoms with E-state index in [1.807, 2.05) is 6.07 Å². The van der Waals surface area contributed by atoms with E-state index in [1.165, 1.54) is 12.1 Å². The van der Waals surface area contributed by atoms with Crippen LogP contribution in [0.25, 0.3) is 0 Å². The zero-order chi connectivity index (χ0) is 13.7. The molecular weight excluding hydrogens is 246 g/mol. The number of aromatic carboxylic acids is 1. The summed E-state index contributed by atoms with van der Waals surface area (Å²) in [5, 5.41) is 17.6. The molecule has 0 aliphatic heterocycles. The van der Waals surface area contributed by atoms with Gasteiger partial charge in [-0.05, 0) is 18.2 Å². The third-order valence-electron chi connectivity index (χ3n) is 2.50. The van der Waals surface area contributed by atoms with Gasteiger partial charge in [0, 0.05) is 12.4 Å². The summed E-state index contributed by atoms with van der Waals surface area (Å²) < 4.78 is 7.12. The van der Waals surface area contributed by atoms with Gasteiger partial charge in [0.1, 0.15) is 18.4 Å². The number of benzene rings is 1. The highest BCUT2D eigenvalue weighted by Gasteiger charge is 2.04. The summed E-state index contributed by atoms with van der Waals surface area (Å²) in [6.07, 6.45) is 3.24. The second-order valence-corrected chi connectivity index (χ2v) is 3.74. The van der Waals surface area contributed by atoms with Crippen LogP contribution in [-0.4, -0.2) is 27.2 Å². The number of carboxylic acid groups (broad SMARTS) is 1. The van der Waals surface area contributed by atoms with Gasteiger partial charge < -0.3 is 14.4 Å². The van der Waals surface area contributed by atoms with Gasteiger partial charge in [-0.15, -0.1) is 0 Å².